The summed E-state index contributed by atoms with van der Waals surface area (Å²) in [6.45, 7) is 1.28. The standard InChI is InChI=1S/C18H18BrNO3/c1-22-16-9-12-7-8-20(11-13(12)10-17(16)23-2)18(21)14-5-3-4-6-15(14)19/h3-6,9-10H,7-8,11H2,1-2H3. The average molecular weight is 376 g/mol. The van der Waals surface area contributed by atoms with Gasteiger partial charge in [-0.15, -0.1) is 0 Å². The molecular weight excluding hydrogens is 358 g/mol. The second-order valence-electron chi connectivity index (χ2n) is 5.43. The molecule has 0 atom stereocenters. The van der Waals surface area contributed by atoms with Crippen LogP contribution in [0.25, 0.3) is 0 Å². The Hall–Kier alpha value is -2.01. The monoisotopic (exact) mass is 375 g/mol. The van der Waals surface area contributed by atoms with E-state index in [-0.39, 0.29) is 5.91 Å². The lowest BCUT2D eigenvalue weighted by molar-refractivity contribution is 0.0733. The van der Waals surface area contributed by atoms with Crippen molar-refractivity contribution >= 4 is 21.8 Å². The second-order valence-corrected chi connectivity index (χ2v) is 6.29. The third kappa shape index (κ3) is 3.06. The van der Waals surface area contributed by atoms with Gasteiger partial charge in [-0.25, -0.2) is 0 Å². The topological polar surface area (TPSA) is 38.8 Å². The first-order valence-electron chi connectivity index (χ1n) is 7.41. The van der Waals surface area contributed by atoms with Gasteiger partial charge in [-0.3, -0.25) is 4.79 Å². The zero-order chi connectivity index (χ0) is 16.4. The number of ether oxygens (including phenoxy) is 2. The molecule has 4 nitrogen and oxygen atoms in total. The lowest BCUT2D eigenvalue weighted by Gasteiger charge is -2.30. The van der Waals surface area contributed by atoms with Gasteiger partial charge in [0.1, 0.15) is 0 Å². The third-order valence-electron chi connectivity index (χ3n) is 4.11. The lowest BCUT2D eigenvalue weighted by atomic mass is 9.98. The Morgan fingerprint density at radius 1 is 1.09 bits per heavy atom. The molecule has 1 amide bonds. The van der Waals surface area contributed by atoms with Crippen molar-refractivity contribution in [1.29, 1.82) is 0 Å². The van der Waals surface area contributed by atoms with E-state index in [1.165, 1.54) is 5.56 Å². The van der Waals surface area contributed by atoms with E-state index in [1.807, 2.05) is 41.3 Å². The van der Waals surface area contributed by atoms with Crippen LogP contribution < -0.4 is 9.47 Å². The first kappa shape index (κ1) is 15.9. The number of rotatable bonds is 3. The maximum absolute atomic E-state index is 12.7. The quantitative estimate of drug-likeness (QED) is 0.821. The van der Waals surface area contributed by atoms with Crippen LogP contribution in [-0.2, 0) is 13.0 Å². The Bertz CT molecular complexity index is 745. The van der Waals surface area contributed by atoms with Gasteiger partial charge in [0.05, 0.1) is 19.8 Å². The first-order valence-corrected chi connectivity index (χ1v) is 8.21. The van der Waals surface area contributed by atoms with Gasteiger partial charge in [0.2, 0.25) is 0 Å². The number of carbonyl (C=O) groups excluding carboxylic acids is 1. The van der Waals surface area contributed by atoms with E-state index < -0.39 is 0 Å². The summed E-state index contributed by atoms with van der Waals surface area (Å²) in [7, 11) is 3.26. The highest BCUT2D eigenvalue weighted by Gasteiger charge is 2.24. The predicted octanol–water partition coefficient (Wildman–Crippen LogP) is 3.66. The van der Waals surface area contributed by atoms with Gasteiger partial charge >= 0.3 is 0 Å². The Morgan fingerprint density at radius 3 is 2.39 bits per heavy atom. The molecule has 0 radical (unpaired) electrons. The van der Waals surface area contributed by atoms with Crippen molar-refractivity contribution in [2.45, 2.75) is 13.0 Å². The van der Waals surface area contributed by atoms with E-state index in [1.54, 1.807) is 14.2 Å². The molecule has 2 aromatic rings. The number of carbonyl (C=O) groups is 1. The normalized spacial score (nSPS) is 13.4. The fourth-order valence-corrected chi connectivity index (χ4v) is 3.32. The smallest absolute Gasteiger partial charge is 0.255 e. The van der Waals surface area contributed by atoms with Crippen molar-refractivity contribution in [2.75, 3.05) is 20.8 Å². The van der Waals surface area contributed by atoms with Crippen LogP contribution in [0.15, 0.2) is 40.9 Å². The number of benzene rings is 2. The summed E-state index contributed by atoms with van der Waals surface area (Å²) in [4.78, 5) is 14.6. The fourth-order valence-electron chi connectivity index (χ4n) is 2.86. The highest BCUT2D eigenvalue weighted by molar-refractivity contribution is 9.10. The summed E-state index contributed by atoms with van der Waals surface area (Å²) in [5.74, 6) is 1.47. The number of hydrogen-bond donors (Lipinski definition) is 0. The summed E-state index contributed by atoms with van der Waals surface area (Å²) in [6, 6.07) is 11.5. The molecule has 0 saturated carbocycles. The minimum Gasteiger partial charge on any atom is -0.493 e. The SMILES string of the molecule is COc1cc2c(cc1OC)CN(C(=O)c1ccccc1Br)CC2. The molecule has 120 valence electrons. The van der Waals surface area contributed by atoms with Gasteiger partial charge in [0.15, 0.2) is 11.5 Å². The van der Waals surface area contributed by atoms with Crippen molar-refractivity contribution in [1.82, 2.24) is 4.90 Å². The minimum absolute atomic E-state index is 0.0397. The molecule has 0 saturated heterocycles. The van der Waals surface area contributed by atoms with E-state index in [0.29, 0.717) is 24.4 Å². The number of amides is 1. The van der Waals surface area contributed by atoms with E-state index in [4.69, 9.17) is 9.47 Å². The highest BCUT2D eigenvalue weighted by Crippen LogP contribution is 2.33. The van der Waals surface area contributed by atoms with Crippen molar-refractivity contribution < 1.29 is 14.3 Å². The molecule has 0 N–H and O–H groups in total. The van der Waals surface area contributed by atoms with Crippen LogP contribution in [0.1, 0.15) is 21.5 Å². The van der Waals surface area contributed by atoms with E-state index in [9.17, 15) is 4.79 Å². The molecule has 0 aromatic heterocycles. The molecule has 3 rings (SSSR count). The van der Waals surface area contributed by atoms with Crippen LogP contribution in [-0.4, -0.2) is 31.6 Å². The summed E-state index contributed by atoms with van der Waals surface area (Å²) >= 11 is 3.45. The van der Waals surface area contributed by atoms with Crippen molar-refractivity contribution in [3.63, 3.8) is 0 Å². The fraction of sp³-hybridized carbons (Fsp3) is 0.278. The molecule has 1 aliphatic rings. The highest BCUT2D eigenvalue weighted by atomic mass is 79.9. The molecule has 1 aliphatic heterocycles. The summed E-state index contributed by atoms with van der Waals surface area (Å²) in [5, 5.41) is 0. The van der Waals surface area contributed by atoms with E-state index >= 15 is 0 Å². The summed E-state index contributed by atoms with van der Waals surface area (Å²) in [5.41, 5.74) is 3.00. The molecule has 1 heterocycles. The largest absolute Gasteiger partial charge is 0.493 e. The number of hydrogen-bond acceptors (Lipinski definition) is 3. The van der Waals surface area contributed by atoms with Gasteiger partial charge < -0.3 is 14.4 Å². The Kier molecular flexibility index (Phi) is 4.57. The molecule has 0 fully saturated rings. The van der Waals surface area contributed by atoms with E-state index in [0.717, 1.165) is 22.2 Å². The van der Waals surface area contributed by atoms with Crippen LogP contribution in [0, 0.1) is 0 Å². The second kappa shape index (κ2) is 6.62. The molecular formula is C18H18BrNO3. The molecule has 23 heavy (non-hydrogen) atoms. The molecule has 0 spiro atoms. The maximum atomic E-state index is 12.7. The van der Waals surface area contributed by atoms with Crippen molar-refractivity contribution in [3.05, 3.63) is 57.6 Å². The Morgan fingerprint density at radius 2 is 1.74 bits per heavy atom. The zero-order valence-corrected chi connectivity index (χ0v) is 14.7. The minimum atomic E-state index is 0.0397. The predicted molar refractivity (Wildman–Crippen MR) is 92.1 cm³/mol. The van der Waals surface area contributed by atoms with Crippen LogP contribution in [0.3, 0.4) is 0 Å². The number of methoxy groups -OCH3 is 2. The summed E-state index contributed by atoms with van der Waals surface area (Å²) < 4.78 is 11.5. The van der Waals surface area contributed by atoms with Crippen molar-refractivity contribution in [2.24, 2.45) is 0 Å². The Balaban J connectivity index is 1.88. The molecule has 5 heteroatoms. The molecule has 0 bridgehead atoms. The molecule has 0 unspecified atom stereocenters. The average Bonchev–Trinajstić information content (AvgIpc) is 2.59. The van der Waals surface area contributed by atoms with Gasteiger partial charge in [0, 0.05) is 17.6 Å². The maximum Gasteiger partial charge on any atom is 0.255 e. The van der Waals surface area contributed by atoms with Gasteiger partial charge in [-0.1, -0.05) is 12.1 Å². The zero-order valence-electron chi connectivity index (χ0n) is 13.1. The lowest BCUT2D eigenvalue weighted by Crippen LogP contribution is -2.36. The van der Waals surface area contributed by atoms with Crippen LogP contribution in [0.4, 0.5) is 0 Å². The number of halogens is 1. The van der Waals surface area contributed by atoms with Crippen molar-refractivity contribution in [3.8, 4) is 11.5 Å². The number of fused-ring (bicyclic) bond motifs is 1. The third-order valence-corrected chi connectivity index (χ3v) is 4.80. The van der Waals surface area contributed by atoms with Gasteiger partial charge in [-0.2, -0.15) is 0 Å². The molecule has 0 aliphatic carbocycles. The first-order chi connectivity index (χ1) is 11.1. The van der Waals surface area contributed by atoms with Gasteiger partial charge in [0.25, 0.3) is 5.91 Å². The van der Waals surface area contributed by atoms with E-state index in [2.05, 4.69) is 15.9 Å². The van der Waals surface area contributed by atoms with Crippen LogP contribution >= 0.6 is 15.9 Å². The molecule has 2 aromatic carbocycles. The van der Waals surface area contributed by atoms with Crippen LogP contribution in [0.2, 0.25) is 0 Å². The number of nitrogens with zero attached hydrogens (tertiary/aromatic N) is 1. The summed E-state index contributed by atoms with van der Waals surface area (Å²) in [6.07, 6.45) is 0.811. The van der Waals surface area contributed by atoms with Crippen LogP contribution in [0.5, 0.6) is 11.5 Å². The van der Waals surface area contributed by atoms with Gasteiger partial charge in [-0.05, 0) is 57.7 Å². The Labute approximate surface area is 144 Å².